The molecule has 7 heteroatoms. The fraction of sp³-hybridized carbons (Fsp3) is 0.562. The van der Waals surface area contributed by atoms with Crippen LogP contribution in [-0.4, -0.2) is 48.2 Å². The van der Waals surface area contributed by atoms with E-state index in [1.54, 1.807) is 0 Å². The standard InChI is InChI=1S/C16H22ClN3O2S/c1-19-15-7-3-6-13(17)16(15)14(18-19)10-20-8-4-5-12(9-20)11-23(2,21)22/h3,6-7,12H,4-5,8-11H2,1-2H3/t12-/m1/s1. The highest BCUT2D eigenvalue weighted by atomic mass is 35.5. The van der Waals surface area contributed by atoms with Gasteiger partial charge in [0, 0.05) is 31.8 Å². The van der Waals surface area contributed by atoms with Gasteiger partial charge in [-0.05, 0) is 37.4 Å². The second-order valence-electron chi connectivity index (χ2n) is 6.54. The summed E-state index contributed by atoms with van der Waals surface area (Å²) in [7, 11) is -1.00. The molecule has 2 aromatic rings. The molecule has 0 bridgehead atoms. The summed E-state index contributed by atoms with van der Waals surface area (Å²) in [5.41, 5.74) is 1.99. The molecule has 0 saturated carbocycles. The average Bonchev–Trinajstić information content (AvgIpc) is 2.75. The molecule has 126 valence electrons. The normalized spacial score (nSPS) is 20.2. The van der Waals surface area contributed by atoms with E-state index in [9.17, 15) is 8.42 Å². The lowest BCUT2D eigenvalue weighted by Gasteiger charge is -2.31. The number of nitrogens with zero attached hydrogens (tertiary/aromatic N) is 3. The zero-order chi connectivity index (χ0) is 16.6. The van der Waals surface area contributed by atoms with Gasteiger partial charge in [-0.1, -0.05) is 17.7 Å². The van der Waals surface area contributed by atoms with E-state index in [4.69, 9.17) is 11.6 Å². The predicted octanol–water partition coefficient (Wildman–Crippen LogP) is 2.48. The number of rotatable bonds is 4. The van der Waals surface area contributed by atoms with E-state index in [-0.39, 0.29) is 11.7 Å². The monoisotopic (exact) mass is 355 g/mol. The summed E-state index contributed by atoms with van der Waals surface area (Å²) in [6.07, 6.45) is 3.32. The lowest BCUT2D eigenvalue weighted by Crippen LogP contribution is -2.37. The number of halogens is 1. The number of hydrogen-bond donors (Lipinski definition) is 0. The Labute approximate surface area is 142 Å². The Balaban J connectivity index is 1.79. The minimum Gasteiger partial charge on any atom is -0.297 e. The Morgan fingerprint density at radius 1 is 1.39 bits per heavy atom. The van der Waals surface area contributed by atoms with Gasteiger partial charge in [0.15, 0.2) is 0 Å². The lowest BCUT2D eigenvalue weighted by molar-refractivity contribution is 0.176. The summed E-state index contributed by atoms with van der Waals surface area (Å²) in [5.74, 6) is 0.483. The third kappa shape index (κ3) is 3.87. The van der Waals surface area contributed by atoms with E-state index in [1.165, 1.54) is 6.26 Å². The van der Waals surface area contributed by atoms with Crippen molar-refractivity contribution >= 4 is 32.3 Å². The number of aromatic nitrogens is 2. The van der Waals surface area contributed by atoms with Crippen LogP contribution in [0.25, 0.3) is 10.9 Å². The molecule has 3 rings (SSSR count). The summed E-state index contributed by atoms with van der Waals surface area (Å²) in [6, 6.07) is 5.83. The molecule has 1 atom stereocenters. The molecule has 0 N–H and O–H groups in total. The number of piperidine rings is 1. The number of benzene rings is 1. The lowest BCUT2D eigenvalue weighted by atomic mass is 10.00. The van der Waals surface area contributed by atoms with Crippen molar-refractivity contribution < 1.29 is 8.42 Å². The number of fused-ring (bicyclic) bond motifs is 1. The van der Waals surface area contributed by atoms with Crippen molar-refractivity contribution in [3.05, 3.63) is 28.9 Å². The van der Waals surface area contributed by atoms with Crippen LogP contribution in [0.1, 0.15) is 18.5 Å². The van der Waals surface area contributed by atoms with E-state index < -0.39 is 9.84 Å². The van der Waals surface area contributed by atoms with Crippen LogP contribution in [0.4, 0.5) is 0 Å². The first kappa shape index (κ1) is 16.7. The van der Waals surface area contributed by atoms with Gasteiger partial charge in [0.25, 0.3) is 0 Å². The van der Waals surface area contributed by atoms with Gasteiger partial charge in [0.1, 0.15) is 9.84 Å². The molecule has 0 spiro atoms. The van der Waals surface area contributed by atoms with Gasteiger partial charge in [-0.2, -0.15) is 5.10 Å². The Kier molecular flexibility index (Phi) is 4.67. The van der Waals surface area contributed by atoms with Crippen LogP contribution in [0.2, 0.25) is 5.02 Å². The molecule has 0 amide bonds. The zero-order valence-corrected chi connectivity index (χ0v) is 15.1. The Morgan fingerprint density at radius 2 is 2.17 bits per heavy atom. The van der Waals surface area contributed by atoms with Gasteiger partial charge < -0.3 is 0 Å². The van der Waals surface area contributed by atoms with Gasteiger partial charge in [-0.15, -0.1) is 0 Å². The van der Waals surface area contributed by atoms with Crippen LogP contribution in [-0.2, 0) is 23.4 Å². The SMILES string of the molecule is Cn1nc(CN2CCC[C@@H](CS(C)(=O)=O)C2)c2c(Cl)cccc21. The molecule has 1 aliphatic heterocycles. The summed E-state index contributed by atoms with van der Waals surface area (Å²) in [4.78, 5) is 2.30. The van der Waals surface area contributed by atoms with Gasteiger partial charge >= 0.3 is 0 Å². The summed E-state index contributed by atoms with van der Waals surface area (Å²) >= 11 is 6.36. The van der Waals surface area contributed by atoms with E-state index >= 15 is 0 Å². The van der Waals surface area contributed by atoms with Crippen molar-refractivity contribution in [2.75, 3.05) is 25.1 Å². The molecule has 0 radical (unpaired) electrons. The van der Waals surface area contributed by atoms with Crippen molar-refractivity contribution in [2.45, 2.75) is 19.4 Å². The third-order valence-corrected chi connectivity index (χ3v) is 5.81. The van der Waals surface area contributed by atoms with E-state index in [2.05, 4.69) is 10.00 Å². The van der Waals surface area contributed by atoms with Crippen molar-refractivity contribution in [1.82, 2.24) is 14.7 Å². The summed E-state index contributed by atoms with van der Waals surface area (Å²) in [5, 5.41) is 6.34. The quantitative estimate of drug-likeness (QED) is 0.845. The van der Waals surface area contributed by atoms with Crippen LogP contribution in [0.5, 0.6) is 0 Å². The van der Waals surface area contributed by atoms with Gasteiger partial charge in [-0.3, -0.25) is 9.58 Å². The summed E-state index contributed by atoms with van der Waals surface area (Å²) < 4.78 is 24.9. The van der Waals surface area contributed by atoms with Gasteiger partial charge in [-0.25, -0.2) is 8.42 Å². The van der Waals surface area contributed by atoms with E-state index in [0.29, 0.717) is 6.54 Å². The first-order valence-electron chi connectivity index (χ1n) is 7.83. The maximum atomic E-state index is 11.5. The molecule has 0 unspecified atom stereocenters. The molecule has 1 fully saturated rings. The fourth-order valence-electron chi connectivity index (χ4n) is 3.53. The minimum absolute atomic E-state index is 0.212. The molecular weight excluding hydrogens is 334 g/mol. The zero-order valence-electron chi connectivity index (χ0n) is 13.5. The highest BCUT2D eigenvalue weighted by Crippen LogP contribution is 2.28. The average molecular weight is 356 g/mol. The smallest absolute Gasteiger partial charge is 0.147 e. The number of sulfone groups is 1. The topological polar surface area (TPSA) is 55.2 Å². The first-order valence-corrected chi connectivity index (χ1v) is 10.3. The number of likely N-dealkylation sites (tertiary alicyclic amines) is 1. The fourth-order valence-corrected chi connectivity index (χ4v) is 4.94. The van der Waals surface area contributed by atoms with Crippen LogP contribution in [0.15, 0.2) is 18.2 Å². The largest absolute Gasteiger partial charge is 0.297 e. The molecule has 2 heterocycles. The minimum atomic E-state index is -2.92. The maximum absolute atomic E-state index is 11.5. The highest BCUT2D eigenvalue weighted by molar-refractivity contribution is 7.90. The van der Waals surface area contributed by atoms with Gasteiger partial charge in [0.05, 0.1) is 22.0 Å². The van der Waals surface area contributed by atoms with Gasteiger partial charge in [0.2, 0.25) is 0 Å². The predicted molar refractivity (Wildman–Crippen MR) is 93.4 cm³/mol. The summed E-state index contributed by atoms with van der Waals surface area (Å²) in [6.45, 7) is 2.49. The molecule has 1 aromatic carbocycles. The van der Waals surface area contributed by atoms with Crippen LogP contribution in [0, 0.1) is 5.92 Å². The van der Waals surface area contributed by atoms with Crippen molar-refractivity contribution in [3.8, 4) is 0 Å². The third-order valence-electron chi connectivity index (χ3n) is 4.41. The second kappa shape index (κ2) is 6.42. The molecule has 5 nitrogen and oxygen atoms in total. The molecule has 1 aliphatic rings. The Hall–Kier alpha value is -1.11. The Bertz CT molecular complexity index is 816. The van der Waals surface area contributed by atoms with Crippen molar-refractivity contribution in [2.24, 2.45) is 13.0 Å². The molecular formula is C16H22ClN3O2S. The molecule has 0 aliphatic carbocycles. The van der Waals surface area contributed by atoms with Crippen LogP contribution in [0.3, 0.4) is 0 Å². The maximum Gasteiger partial charge on any atom is 0.147 e. The second-order valence-corrected chi connectivity index (χ2v) is 9.13. The highest BCUT2D eigenvalue weighted by Gasteiger charge is 2.24. The first-order chi connectivity index (χ1) is 10.8. The van der Waals surface area contributed by atoms with E-state index in [1.807, 2.05) is 29.9 Å². The van der Waals surface area contributed by atoms with E-state index in [0.717, 1.165) is 47.6 Å². The molecule has 1 aromatic heterocycles. The molecule has 23 heavy (non-hydrogen) atoms. The van der Waals surface area contributed by atoms with Crippen LogP contribution >= 0.6 is 11.6 Å². The number of aryl methyl sites for hydroxylation is 1. The Morgan fingerprint density at radius 3 is 2.91 bits per heavy atom. The van der Waals surface area contributed by atoms with Crippen molar-refractivity contribution in [1.29, 1.82) is 0 Å². The number of hydrogen-bond acceptors (Lipinski definition) is 4. The van der Waals surface area contributed by atoms with Crippen molar-refractivity contribution in [3.63, 3.8) is 0 Å². The molecule has 1 saturated heterocycles. The van der Waals surface area contributed by atoms with Crippen LogP contribution < -0.4 is 0 Å².